The average molecular weight is 178 g/mol. The zero-order valence-electron chi connectivity index (χ0n) is 6.60. The summed E-state index contributed by atoms with van der Waals surface area (Å²) in [4.78, 5) is 21.5. The van der Waals surface area contributed by atoms with Crippen molar-refractivity contribution in [3.05, 3.63) is 34.2 Å². The lowest BCUT2D eigenvalue weighted by atomic mass is 10.3. The van der Waals surface area contributed by atoms with Crippen molar-refractivity contribution in [3.63, 3.8) is 0 Å². The lowest BCUT2D eigenvalue weighted by Crippen LogP contribution is -2.19. The van der Waals surface area contributed by atoms with Crippen LogP contribution in [0.4, 0.5) is 0 Å². The molecule has 5 heteroatoms. The summed E-state index contributed by atoms with van der Waals surface area (Å²) in [5.41, 5.74) is -0.388. The second kappa shape index (κ2) is 3.54. The van der Waals surface area contributed by atoms with E-state index >= 15 is 0 Å². The lowest BCUT2D eigenvalue weighted by molar-refractivity contribution is 0.0696. The second-order valence-electron chi connectivity index (χ2n) is 2.35. The van der Waals surface area contributed by atoms with Crippen molar-refractivity contribution >= 4 is 5.97 Å². The highest BCUT2D eigenvalue weighted by atomic mass is 16.4. The van der Waals surface area contributed by atoms with Crippen LogP contribution in [0.2, 0.25) is 0 Å². The van der Waals surface area contributed by atoms with Crippen LogP contribution in [0.1, 0.15) is 10.4 Å². The molecule has 1 aromatic rings. The van der Waals surface area contributed by atoms with E-state index in [1.807, 2.05) is 0 Å². The van der Waals surface area contributed by atoms with E-state index in [1.165, 1.54) is 6.07 Å². The van der Waals surface area contributed by atoms with Crippen molar-refractivity contribution in [1.29, 1.82) is 5.26 Å². The van der Waals surface area contributed by atoms with Gasteiger partial charge in [-0.1, -0.05) is 0 Å². The Morgan fingerprint density at radius 3 is 2.85 bits per heavy atom. The Morgan fingerprint density at radius 1 is 1.62 bits per heavy atom. The second-order valence-corrected chi connectivity index (χ2v) is 2.35. The molecule has 1 N–H and O–H groups in total. The molecular weight excluding hydrogens is 172 g/mol. The van der Waals surface area contributed by atoms with Gasteiger partial charge in [0.1, 0.15) is 6.54 Å². The van der Waals surface area contributed by atoms with Gasteiger partial charge in [-0.2, -0.15) is 5.26 Å². The van der Waals surface area contributed by atoms with E-state index in [0.717, 1.165) is 16.8 Å². The number of hydrogen-bond acceptors (Lipinski definition) is 3. The van der Waals surface area contributed by atoms with Crippen molar-refractivity contribution in [1.82, 2.24) is 4.57 Å². The maximum atomic E-state index is 11.0. The quantitative estimate of drug-likeness (QED) is 0.694. The molecule has 1 heterocycles. The average Bonchev–Trinajstić information content (AvgIpc) is 2.08. The number of carboxylic acids is 1. The normalized spacial score (nSPS) is 9.15. The van der Waals surface area contributed by atoms with Gasteiger partial charge in [-0.15, -0.1) is 0 Å². The summed E-state index contributed by atoms with van der Waals surface area (Å²) in [6, 6.07) is 4.09. The fourth-order valence-corrected chi connectivity index (χ4v) is 0.858. The Morgan fingerprint density at radius 2 is 2.31 bits per heavy atom. The standard InChI is InChI=1S/C8H6N2O3/c9-3-4-10-5-6(8(12)13)1-2-7(10)11/h1-2,5H,4H2,(H,12,13). The van der Waals surface area contributed by atoms with E-state index in [0.29, 0.717) is 0 Å². The fourth-order valence-electron chi connectivity index (χ4n) is 0.858. The van der Waals surface area contributed by atoms with Crippen LogP contribution in [0, 0.1) is 11.3 Å². The monoisotopic (exact) mass is 178 g/mol. The van der Waals surface area contributed by atoms with E-state index in [9.17, 15) is 9.59 Å². The minimum Gasteiger partial charge on any atom is -0.478 e. The molecule has 0 aliphatic rings. The van der Waals surface area contributed by atoms with Gasteiger partial charge in [0, 0.05) is 12.3 Å². The molecule has 5 nitrogen and oxygen atoms in total. The highest BCUT2D eigenvalue weighted by Gasteiger charge is 2.03. The third-order valence-corrected chi connectivity index (χ3v) is 1.47. The molecule has 0 fully saturated rings. The van der Waals surface area contributed by atoms with Crippen LogP contribution in [0.3, 0.4) is 0 Å². The van der Waals surface area contributed by atoms with E-state index in [1.54, 1.807) is 6.07 Å². The van der Waals surface area contributed by atoms with Gasteiger partial charge in [0.25, 0.3) is 5.56 Å². The number of nitrogens with zero attached hydrogens (tertiary/aromatic N) is 2. The summed E-state index contributed by atoms with van der Waals surface area (Å²) in [5.74, 6) is -1.12. The van der Waals surface area contributed by atoms with Gasteiger partial charge in [-0.25, -0.2) is 4.79 Å². The number of rotatable bonds is 2. The van der Waals surface area contributed by atoms with Crippen LogP contribution in [0.15, 0.2) is 23.1 Å². The highest BCUT2D eigenvalue weighted by molar-refractivity contribution is 5.87. The van der Waals surface area contributed by atoms with E-state index in [2.05, 4.69) is 0 Å². The predicted molar refractivity (Wildman–Crippen MR) is 43.3 cm³/mol. The van der Waals surface area contributed by atoms with Crippen molar-refractivity contribution in [3.8, 4) is 6.07 Å². The summed E-state index contributed by atoms with van der Waals surface area (Å²) in [5, 5.41) is 16.9. The van der Waals surface area contributed by atoms with Crippen LogP contribution in [-0.2, 0) is 6.54 Å². The summed E-state index contributed by atoms with van der Waals surface area (Å²) in [6.45, 7) is -0.139. The molecule has 0 bridgehead atoms. The smallest absolute Gasteiger partial charge is 0.337 e. The van der Waals surface area contributed by atoms with Gasteiger partial charge in [0.15, 0.2) is 0 Å². The number of nitriles is 1. The largest absolute Gasteiger partial charge is 0.478 e. The summed E-state index contributed by atoms with van der Waals surface area (Å²) >= 11 is 0. The molecule has 0 atom stereocenters. The van der Waals surface area contributed by atoms with Gasteiger partial charge in [0.2, 0.25) is 0 Å². The first kappa shape index (κ1) is 9.00. The van der Waals surface area contributed by atoms with Gasteiger partial charge in [-0.3, -0.25) is 4.79 Å². The first-order chi connectivity index (χ1) is 6.15. The third-order valence-electron chi connectivity index (χ3n) is 1.47. The summed E-state index contributed by atoms with van der Waals surface area (Å²) < 4.78 is 1.05. The summed E-state index contributed by atoms with van der Waals surface area (Å²) in [7, 11) is 0. The van der Waals surface area contributed by atoms with Crippen LogP contribution in [0.25, 0.3) is 0 Å². The third kappa shape index (κ3) is 1.93. The number of pyridine rings is 1. The molecule has 0 aliphatic heterocycles. The van der Waals surface area contributed by atoms with E-state index in [4.69, 9.17) is 10.4 Å². The maximum Gasteiger partial charge on any atom is 0.337 e. The number of carbonyl (C=O) groups is 1. The SMILES string of the molecule is N#CCn1cc(C(=O)O)ccc1=O. The zero-order valence-corrected chi connectivity index (χ0v) is 6.60. The molecule has 1 aromatic heterocycles. The predicted octanol–water partition coefficient (Wildman–Crippen LogP) is 0.0701. The lowest BCUT2D eigenvalue weighted by Gasteiger charge is -1.99. The first-order valence-electron chi connectivity index (χ1n) is 3.46. The Balaban J connectivity index is 3.20. The van der Waals surface area contributed by atoms with Crippen LogP contribution >= 0.6 is 0 Å². The highest BCUT2D eigenvalue weighted by Crippen LogP contribution is 1.94. The van der Waals surface area contributed by atoms with Gasteiger partial charge in [-0.05, 0) is 6.07 Å². The van der Waals surface area contributed by atoms with Gasteiger partial charge in [0.05, 0.1) is 11.6 Å². The van der Waals surface area contributed by atoms with Crippen LogP contribution in [0.5, 0.6) is 0 Å². The Hall–Kier alpha value is -2.09. The molecule has 0 saturated heterocycles. The van der Waals surface area contributed by atoms with Crippen LogP contribution < -0.4 is 5.56 Å². The number of aromatic nitrogens is 1. The number of hydrogen-bond donors (Lipinski definition) is 1. The van der Waals surface area contributed by atoms with E-state index in [-0.39, 0.29) is 17.7 Å². The number of carboxylic acid groups (broad SMARTS) is 1. The minimum atomic E-state index is -1.12. The molecule has 0 aromatic carbocycles. The van der Waals surface area contributed by atoms with Crippen molar-refractivity contribution in [2.75, 3.05) is 0 Å². The van der Waals surface area contributed by atoms with Gasteiger partial charge >= 0.3 is 5.97 Å². The molecule has 66 valence electrons. The number of aromatic carboxylic acids is 1. The Labute approximate surface area is 73.5 Å². The molecule has 0 amide bonds. The molecule has 0 radical (unpaired) electrons. The Kier molecular flexibility index (Phi) is 2.45. The Bertz CT molecular complexity index is 428. The molecular formula is C8H6N2O3. The fraction of sp³-hybridized carbons (Fsp3) is 0.125. The molecule has 0 aliphatic carbocycles. The van der Waals surface area contributed by atoms with Crippen molar-refractivity contribution in [2.24, 2.45) is 0 Å². The van der Waals surface area contributed by atoms with E-state index < -0.39 is 5.97 Å². The van der Waals surface area contributed by atoms with Gasteiger partial charge < -0.3 is 9.67 Å². The molecule has 0 spiro atoms. The first-order valence-corrected chi connectivity index (χ1v) is 3.46. The zero-order chi connectivity index (χ0) is 9.84. The minimum absolute atomic E-state index is 0.00477. The van der Waals surface area contributed by atoms with Crippen molar-refractivity contribution in [2.45, 2.75) is 6.54 Å². The molecule has 1 rings (SSSR count). The van der Waals surface area contributed by atoms with Crippen molar-refractivity contribution < 1.29 is 9.90 Å². The molecule has 13 heavy (non-hydrogen) atoms. The molecule has 0 saturated carbocycles. The summed E-state index contributed by atoms with van der Waals surface area (Å²) in [6.07, 6.45) is 1.15. The molecule has 0 unspecified atom stereocenters. The maximum absolute atomic E-state index is 11.0. The topological polar surface area (TPSA) is 83.1 Å². The van der Waals surface area contributed by atoms with Crippen LogP contribution in [-0.4, -0.2) is 15.6 Å².